The molecule has 1 aromatic carbocycles. The van der Waals surface area contributed by atoms with Gasteiger partial charge in [-0.15, -0.1) is 0 Å². The van der Waals surface area contributed by atoms with E-state index >= 15 is 0 Å². The molecular weight excluding hydrogens is 266 g/mol. The minimum absolute atomic E-state index is 0.0555. The van der Waals surface area contributed by atoms with Crippen LogP contribution < -0.4 is 10.5 Å². The molecule has 0 aliphatic carbocycles. The number of benzene rings is 1. The second-order valence-electron chi connectivity index (χ2n) is 3.76. The van der Waals surface area contributed by atoms with E-state index in [0.29, 0.717) is 11.3 Å². The van der Waals surface area contributed by atoms with Gasteiger partial charge in [0.05, 0.1) is 4.90 Å². The fourth-order valence-corrected chi connectivity index (χ4v) is 2.02. The summed E-state index contributed by atoms with van der Waals surface area (Å²) in [6.07, 6.45) is 2.99. The molecule has 19 heavy (non-hydrogen) atoms. The maximum Gasteiger partial charge on any atom is 0.255 e. The fourth-order valence-electron chi connectivity index (χ4n) is 1.46. The number of anilines is 1. The first kappa shape index (κ1) is 13.2. The predicted molar refractivity (Wildman–Crippen MR) is 70.0 cm³/mol. The summed E-state index contributed by atoms with van der Waals surface area (Å²) in [5, 5.41) is 7.60. The summed E-state index contributed by atoms with van der Waals surface area (Å²) in [5.74, 6) is -0.353. The Hall–Kier alpha value is -2.25. The van der Waals surface area contributed by atoms with Crippen molar-refractivity contribution in [2.45, 2.75) is 4.90 Å². The fraction of sp³-hybridized carbons (Fsp3) is 0. The van der Waals surface area contributed by atoms with Crippen LogP contribution in [0.4, 0.5) is 5.69 Å². The van der Waals surface area contributed by atoms with Crippen molar-refractivity contribution in [3.05, 3.63) is 54.4 Å². The van der Waals surface area contributed by atoms with E-state index in [9.17, 15) is 13.2 Å². The van der Waals surface area contributed by atoms with Gasteiger partial charge in [0.2, 0.25) is 10.0 Å². The molecule has 1 amide bonds. The Morgan fingerprint density at radius 3 is 2.47 bits per heavy atom. The van der Waals surface area contributed by atoms with Crippen molar-refractivity contribution in [3.63, 3.8) is 0 Å². The van der Waals surface area contributed by atoms with E-state index < -0.39 is 10.0 Å². The smallest absolute Gasteiger partial charge is 0.255 e. The number of hydrogen-bond acceptors (Lipinski definition) is 4. The Morgan fingerprint density at radius 2 is 1.84 bits per heavy atom. The Bertz CT molecular complexity index is 699. The van der Waals surface area contributed by atoms with Crippen molar-refractivity contribution in [1.82, 2.24) is 4.98 Å². The molecule has 0 bridgehead atoms. The molecule has 1 heterocycles. The summed E-state index contributed by atoms with van der Waals surface area (Å²) in [7, 11) is -3.79. The molecule has 0 spiro atoms. The highest BCUT2D eigenvalue weighted by molar-refractivity contribution is 7.89. The second kappa shape index (κ2) is 5.17. The molecule has 3 N–H and O–H groups in total. The first-order valence-corrected chi connectivity index (χ1v) is 6.86. The molecule has 1 aromatic heterocycles. The van der Waals surface area contributed by atoms with Gasteiger partial charge in [0.1, 0.15) is 0 Å². The van der Waals surface area contributed by atoms with E-state index in [4.69, 9.17) is 5.14 Å². The van der Waals surface area contributed by atoms with Crippen molar-refractivity contribution < 1.29 is 13.2 Å². The lowest BCUT2D eigenvalue weighted by Gasteiger charge is -2.06. The maximum absolute atomic E-state index is 11.9. The van der Waals surface area contributed by atoms with Gasteiger partial charge in [0, 0.05) is 23.6 Å². The molecule has 0 fully saturated rings. The van der Waals surface area contributed by atoms with Gasteiger partial charge in [0.15, 0.2) is 0 Å². The highest BCUT2D eigenvalue weighted by Gasteiger charge is 2.10. The van der Waals surface area contributed by atoms with Crippen molar-refractivity contribution >= 4 is 21.6 Å². The monoisotopic (exact) mass is 277 g/mol. The molecule has 0 aliphatic rings. The van der Waals surface area contributed by atoms with Gasteiger partial charge in [-0.1, -0.05) is 6.07 Å². The molecule has 2 aromatic rings. The highest BCUT2D eigenvalue weighted by atomic mass is 32.2. The van der Waals surface area contributed by atoms with Crippen LogP contribution in [-0.2, 0) is 10.0 Å². The van der Waals surface area contributed by atoms with E-state index in [1.165, 1.54) is 30.6 Å². The topological polar surface area (TPSA) is 102 Å². The van der Waals surface area contributed by atoms with Gasteiger partial charge in [-0.2, -0.15) is 0 Å². The Kier molecular flexibility index (Phi) is 3.59. The van der Waals surface area contributed by atoms with Crippen LogP contribution in [0.3, 0.4) is 0 Å². The largest absolute Gasteiger partial charge is 0.322 e. The first-order valence-electron chi connectivity index (χ1n) is 5.31. The molecular formula is C12H11N3O3S. The Morgan fingerprint density at radius 1 is 1.16 bits per heavy atom. The van der Waals surface area contributed by atoms with Crippen molar-refractivity contribution in [1.29, 1.82) is 0 Å². The average molecular weight is 277 g/mol. The number of sulfonamides is 1. The summed E-state index contributed by atoms with van der Waals surface area (Å²) in [6.45, 7) is 0. The Labute approximate surface area is 110 Å². The van der Waals surface area contributed by atoms with Crippen molar-refractivity contribution in [2.75, 3.05) is 5.32 Å². The standard InChI is InChI=1S/C12H11N3O3S/c13-19(17,18)11-3-1-2-10(8-11)15-12(16)9-4-6-14-7-5-9/h1-8H,(H,15,16)(H2,13,17,18). The lowest BCUT2D eigenvalue weighted by atomic mass is 10.2. The molecule has 0 atom stereocenters. The predicted octanol–water partition coefficient (Wildman–Crippen LogP) is 0.981. The molecule has 2 rings (SSSR count). The number of amides is 1. The second-order valence-corrected chi connectivity index (χ2v) is 5.32. The van der Waals surface area contributed by atoms with Crippen LogP contribution in [0.15, 0.2) is 53.7 Å². The van der Waals surface area contributed by atoms with Crippen LogP contribution in [0.5, 0.6) is 0 Å². The van der Waals surface area contributed by atoms with Crippen LogP contribution in [0.2, 0.25) is 0 Å². The molecule has 98 valence electrons. The molecule has 0 saturated carbocycles. The molecule has 7 heteroatoms. The number of primary sulfonamides is 1. The third-order valence-electron chi connectivity index (χ3n) is 2.36. The quantitative estimate of drug-likeness (QED) is 0.873. The Balaban J connectivity index is 2.23. The van der Waals surface area contributed by atoms with Crippen molar-refractivity contribution in [3.8, 4) is 0 Å². The van der Waals surface area contributed by atoms with Gasteiger partial charge >= 0.3 is 0 Å². The summed E-state index contributed by atoms with van der Waals surface area (Å²) in [5.41, 5.74) is 0.782. The maximum atomic E-state index is 11.9. The summed E-state index contributed by atoms with van der Waals surface area (Å²) >= 11 is 0. The van der Waals surface area contributed by atoms with Gasteiger partial charge in [-0.3, -0.25) is 9.78 Å². The van der Waals surface area contributed by atoms with Crippen LogP contribution in [0, 0.1) is 0 Å². The van der Waals surface area contributed by atoms with Crippen LogP contribution in [0.25, 0.3) is 0 Å². The zero-order chi connectivity index (χ0) is 13.9. The van der Waals surface area contributed by atoms with Crippen LogP contribution in [-0.4, -0.2) is 19.3 Å². The molecule has 0 aliphatic heterocycles. The summed E-state index contributed by atoms with van der Waals surface area (Å²) in [4.78, 5) is 15.6. The number of carbonyl (C=O) groups is 1. The highest BCUT2D eigenvalue weighted by Crippen LogP contribution is 2.15. The lowest BCUT2D eigenvalue weighted by molar-refractivity contribution is 0.102. The van der Waals surface area contributed by atoms with Gasteiger partial charge < -0.3 is 5.32 Å². The van der Waals surface area contributed by atoms with E-state index in [0.717, 1.165) is 0 Å². The molecule has 0 saturated heterocycles. The van der Waals surface area contributed by atoms with E-state index in [-0.39, 0.29) is 10.8 Å². The summed E-state index contributed by atoms with van der Waals surface area (Å²) < 4.78 is 22.4. The number of nitrogens with two attached hydrogens (primary N) is 1. The number of rotatable bonds is 3. The number of carbonyl (C=O) groups excluding carboxylic acids is 1. The van der Waals surface area contributed by atoms with Crippen molar-refractivity contribution in [2.24, 2.45) is 5.14 Å². The minimum Gasteiger partial charge on any atom is -0.322 e. The average Bonchev–Trinajstić information content (AvgIpc) is 2.39. The molecule has 0 unspecified atom stereocenters. The van der Waals surface area contributed by atoms with Crippen LogP contribution in [0.1, 0.15) is 10.4 Å². The van der Waals surface area contributed by atoms with E-state index in [2.05, 4.69) is 10.3 Å². The zero-order valence-corrected chi connectivity index (χ0v) is 10.6. The number of hydrogen-bond donors (Lipinski definition) is 2. The number of aromatic nitrogens is 1. The zero-order valence-electron chi connectivity index (χ0n) is 9.78. The van der Waals surface area contributed by atoms with E-state index in [1.54, 1.807) is 18.2 Å². The lowest BCUT2D eigenvalue weighted by Crippen LogP contribution is -2.14. The number of nitrogens with one attached hydrogen (secondary N) is 1. The molecule has 0 radical (unpaired) electrons. The van der Waals surface area contributed by atoms with Gasteiger partial charge in [-0.25, -0.2) is 13.6 Å². The normalized spacial score (nSPS) is 11.0. The minimum atomic E-state index is -3.79. The molecule has 6 nitrogen and oxygen atoms in total. The third kappa shape index (κ3) is 3.36. The van der Waals surface area contributed by atoms with Gasteiger partial charge in [-0.05, 0) is 30.3 Å². The third-order valence-corrected chi connectivity index (χ3v) is 3.27. The summed E-state index contributed by atoms with van der Waals surface area (Å²) in [6, 6.07) is 8.85. The SMILES string of the molecule is NS(=O)(=O)c1cccc(NC(=O)c2ccncc2)c1. The van der Waals surface area contributed by atoms with E-state index in [1.807, 2.05) is 0 Å². The number of nitrogens with zero attached hydrogens (tertiary/aromatic N) is 1. The first-order chi connectivity index (χ1) is 8.97. The van der Waals surface area contributed by atoms with Crippen LogP contribution >= 0.6 is 0 Å². The van der Waals surface area contributed by atoms with Gasteiger partial charge in [0.25, 0.3) is 5.91 Å². The number of pyridine rings is 1.